The van der Waals surface area contributed by atoms with E-state index >= 15 is 0 Å². The largest absolute Gasteiger partial charge is 0.325 e. The normalized spacial score (nSPS) is 38.5. The molecule has 16 heteroatoms. The molecule has 6 heterocycles. The first-order chi connectivity index (χ1) is 18.3. The fourth-order valence-corrected chi connectivity index (χ4v) is 37.1. The van der Waals surface area contributed by atoms with Gasteiger partial charge in [-0.15, -0.1) is 0 Å². The van der Waals surface area contributed by atoms with Crippen LogP contribution in [0.1, 0.15) is 111 Å². The highest BCUT2D eigenvalue weighted by Crippen LogP contribution is 2.92. The third-order valence-electron chi connectivity index (χ3n) is 6.81. The van der Waals surface area contributed by atoms with Gasteiger partial charge in [0.25, 0.3) is 0 Å². The van der Waals surface area contributed by atoms with Crippen molar-refractivity contribution in [2.24, 2.45) is 10.8 Å². The first-order valence-corrected chi connectivity index (χ1v) is 25.0. The summed E-state index contributed by atoms with van der Waals surface area (Å²) < 4.78 is 36.5. The third kappa shape index (κ3) is 6.89. The average Bonchev–Trinajstić information content (AvgIpc) is 2.68. The molecule has 0 aromatic heterocycles. The summed E-state index contributed by atoms with van der Waals surface area (Å²) in [6.07, 6.45) is 0. The summed E-state index contributed by atoms with van der Waals surface area (Å²) in [4.78, 5) is 0. The maximum Gasteiger partial charge on any atom is 0.218 e. The van der Waals surface area contributed by atoms with Crippen molar-refractivity contribution < 1.29 is 18.1 Å². The SMILES string of the molecule is CC1(C)COP2(=S)N(C(C)(C)C)P(=S)(OCC(C)(C)COP3(=S)N(C(C)(C)C)P(=S)(OC1)N3C(C)(C)C)N2C(C)(C)C. The van der Waals surface area contributed by atoms with Crippen LogP contribution in [0.25, 0.3) is 0 Å². The second kappa shape index (κ2) is 11.4. The highest BCUT2D eigenvalue weighted by Gasteiger charge is 2.69. The van der Waals surface area contributed by atoms with Gasteiger partial charge in [-0.3, -0.25) is 0 Å². The summed E-state index contributed by atoms with van der Waals surface area (Å²) >= 11 is 26.0. The first-order valence-electron chi connectivity index (χ1n) is 14.5. The Labute approximate surface area is 278 Å². The number of hydrogen-bond acceptors (Lipinski definition) is 8. The van der Waals surface area contributed by atoms with Crippen molar-refractivity contribution in [3.63, 3.8) is 0 Å². The quantitative estimate of drug-likeness (QED) is 0.223. The minimum absolute atomic E-state index is 0.339. The van der Waals surface area contributed by atoms with Gasteiger partial charge in [-0.25, -0.2) is 0 Å². The molecule has 0 spiro atoms. The Hall–Kier alpha value is 2.28. The lowest BCUT2D eigenvalue weighted by atomic mass is 9.97. The molecule has 6 fully saturated rings. The molecule has 248 valence electrons. The fourth-order valence-electron chi connectivity index (χ4n) is 5.42. The van der Waals surface area contributed by atoms with Crippen molar-refractivity contribution in [2.45, 2.75) is 133 Å². The van der Waals surface area contributed by atoms with Crippen molar-refractivity contribution in [1.82, 2.24) is 17.8 Å². The Morgan fingerprint density at radius 3 is 0.667 bits per heavy atom. The minimum atomic E-state index is -2.72. The van der Waals surface area contributed by atoms with Gasteiger partial charge in [0.1, 0.15) is 0 Å². The van der Waals surface area contributed by atoms with Gasteiger partial charge in [-0.1, -0.05) is 27.7 Å². The van der Waals surface area contributed by atoms with E-state index in [1.165, 1.54) is 0 Å². The number of rotatable bonds is 0. The van der Waals surface area contributed by atoms with Crippen LogP contribution in [0, 0.1) is 10.8 Å². The van der Waals surface area contributed by atoms with Gasteiger partial charge in [0.15, 0.2) is 0 Å². The Kier molecular flexibility index (Phi) is 10.5. The van der Waals surface area contributed by atoms with Crippen molar-refractivity contribution in [2.75, 3.05) is 26.4 Å². The summed E-state index contributed by atoms with van der Waals surface area (Å²) in [7, 11) is 0. The molecule has 6 aliphatic heterocycles. The monoisotopic (exact) mass is 740 g/mol. The molecule has 6 saturated heterocycles. The van der Waals surface area contributed by atoms with E-state index in [4.69, 9.17) is 65.3 Å². The zero-order valence-corrected chi connectivity index (χ0v) is 35.5. The molecule has 0 saturated carbocycles. The fraction of sp³-hybridized carbons (Fsp3) is 1.00. The third-order valence-corrected chi connectivity index (χ3v) is 31.2. The lowest BCUT2D eigenvalue weighted by Gasteiger charge is -2.68. The second-order valence-electron chi connectivity index (χ2n) is 17.2. The van der Waals surface area contributed by atoms with Crippen molar-refractivity contribution in [1.29, 1.82) is 0 Å². The smallest absolute Gasteiger partial charge is 0.218 e. The predicted octanol–water partition coefficient (Wildman–Crippen LogP) is 9.45. The molecule has 6 aliphatic rings. The van der Waals surface area contributed by atoms with E-state index < -0.39 is 26.3 Å². The highest BCUT2D eigenvalue weighted by molar-refractivity contribution is 8.27. The summed E-state index contributed by atoms with van der Waals surface area (Å²) in [5.41, 5.74) is -2.12. The molecule has 0 aromatic rings. The van der Waals surface area contributed by atoms with Crippen LogP contribution in [-0.2, 0) is 65.3 Å². The van der Waals surface area contributed by atoms with Crippen LogP contribution in [0.3, 0.4) is 0 Å². The lowest BCUT2D eigenvalue weighted by Crippen LogP contribution is -2.59. The molecule has 0 amide bonds. The molecule has 0 radical (unpaired) electrons. The van der Waals surface area contributed by atoms with Crippen LogP contribution in [0.15, 0.2) is 0 Å². The summed E-state index contributed by atoms with van der Waals surface area (Å²) in [6, 6.07) is 0. The van der Waals surface area contributed by atoms with E-state index in [-0.39, 0.29) is 33.0 Å². The van der Waals surface area contributed by atoms with Crippen molar-refractivity contribution >= 4 is 73.5 Å². The lowest BCUT2D eigenvalue weighted by molar-refractivity contribution is 0.0591. The van der Waals surface area contributed by atoms with Crippen LogP contribution in [-0.4, -0.2) is 66.3 Å². The van der Waals surface area contributed by atoms with Crippen LogP contribution in [0.2, 0.25) is 0 Å². The molecule has 0 atom stereocenters. The summed E-state index contributed by atoms with van der Waals surface area (Å²) in [5.74, 6) is 0. The Bertz CT molecular complexity index is 1050. The highest BCUT2D eigenvalue weighted by atomic mass is 32.5. The molecule has 0 unspecified atom stereocenters. The standard InChI is InChI=1S/C26H56N4O4P4S4/c1-21(2,3)27-35(39)28(22(4,5)6)36(27,40)32-18-26(15,16)20-34-38(42)29(23(7,8)9)37(41,30(38)24(10,11)12)33-19-25(13,14)17-31-35/h17-20H2,1-16H3. The van der Waals surface area contributed by atoms with Crippen LogP contribution >= 0.6 is 26.3 Å². The molecule has 4 bridgehead atoms. The van der Waals surface area contributed by atoms with Gasteiger partial charge in [0, 0.05) is 33.0 Å². The van der Waals surface area contributed by atoms with E-state index in [1.54, 1.807) is 0 Å². The van der Waals surface area contributed by atoms with Gasteiger partial charge in [-0.2, -0.15) is 17.8 Å². The van der Waals surface area contributed by atoms with Crippen LogP contribution in [0.5, 0.6) is 0 Å². The first kappa shape index (κ1) is 38.7. The van der Waals surface area contributed by atoms with Crippen molar-refractivity contribution in [3.05, 3.63) is 0 Å². The topological polar surface area (TPSA) is 49.9 Å². The van der Waals surface area contributed by atoms with E-state index in [9.17, 15) is 0 Å². The Morgan fingerprint density at radius 1 is 0.405 bits per heavy atom. The predicted molar refractivity (Wildman–Crippen MR) is 195 cm³/mol. The van der Waals surface area contributed by atoms with E-state index in [1.807, 2.05) is 0 Å². The number of nitrogens with zero attached hydrogens (tertiary/aromatic N) is 4. The van der Waals surface area contributed by atoms with Gasteiger partial charge in [0.05, 0.1) is 26.4 Å². The van der Waals surface area contributed by atoms with E-state index in [0.29, 0.717) is 26.4 Å². The maximum absolute atomic E-state index is 6.89. The van der Waals surface area contributed by atoms with Crippen molar-refractivity contribution in [3.8, 4) is 0 Å². The van der Waals surface area contributed by atoms with Gasteiger partial charge >= 0.3 is 0 Å². The van der Waals surface area contributed by atoms with Crippen LogP contribution < -0.4 is 0 Å². The zero-order valence-electron chi connectivity index (χ0n) is 28.7. The average molecular weight is 741 g/mol. The molecular weight excluding hydrogens is 684 g/mol. The molecule has 0 aliphatic carbocycles. The van der Waals surface area contributed by atoms with E-state index in [2.05, 4.69) is 129 Å². The number of hydrogen-bond donors (Lipinski definition) is 0. The summed E-state index contributed by atoms with van der Waals surface area (Å²) in [5, 5.41) is 0. The van der Waals surface area contributed by atoms with Gasteiger partial charge < -0.3 is 18.1 Å². The molecule has 0 N–H and O–H groups in total. The molecule has 8 nitrogen and oxygen atoms in total. The molecule has 0 aromatic carbocycles. The van der Waals surface area contributed by atoms with Gasteiger partial charge in [0.2, 0.25) is 26.3 Å². The van der Waals surface area contributed by atoms with E-state index in [0.717, 1.165) is 0 Å². The zero-order chi connectivity index (χ0) is 33.0. The van der Waals surface area contributed by atoms with Gasteiger partial charge in [-0.05, 0) is 130 Å². The van der Waals surface area contributed by atoms with Crippen LogP contribution in [0.4, 0.5) is 0 Å². The molecular formula is C26H56N4O4P4S4. The molecule has 42 heavy (non-hydrogen) atoms. The summed E-state index contributed by atoms with van der Waals surface area (Å²) in [6.45, 7) is 25.1. The second-order valence-corrected chi connectivity index (χ2v) is 32.4. The molecule has 6 rings (SSSR count). The maximum atomic E-state index is 6.89. The Morgan fingerprint density at radius 2 is 0.548 bits per heavy atom. The Balaban J connectivity index is 2.18. The minimum Gasteiger partial charge on any atom is -0.325 e.